The lowest BCUT2D eigenvalue weighted by Gasteiger charge is -2.31. The van der Waals surface area contributed by atoms with E-state index in [2.05, 4.69) is 63.5 Å². The lowest BCUT2D eigenvalue weighted by atomic mass is 9.95. The number of aliphatic carboxylic acids is 2. The van der Waals surface area contributed by atoms with Crippen molar-refractivity contribution >= 4 is 88.8 Å². The van der Waals surface area contributed by atoms with Crippen molar-refractivity contribution < 1.29 is 97.8 Å². The van der Waals surface area contributed by atoms with Crippen LogP contribution in [-0.2, 0) is 67.1 Å². The van der Waals surface area contributed by atoms with Gasteiger partial charge in [0.1, 0.15) is 72.5 Å². The number of carboxylic acid groups (broad SMARTS) is 2. The molecule has 0 spiro atoms. The second-order valence-corrected chi connectivity index (χ2v) is 24.1. The lowest BCUT2D eigenvalue weighted by molar-refractivity contribution is -0.143. The number of amides is 12. The Hall–Kier alpha value is -8.35. The van der Waals surface area contributed by atoms with E-state index in [0.717, 1.165) is 6.92 Å². The van der Waals surface area contributed by atoms with Gasteiger partial charge in [0.05, 0.1) is 32.3 Å². The van der Waals surface area contributed by atoms with Gasteiger partial charge in [-0.25, -0.2) is 4.79 Å². The van der Waals surface area contributed by atoms with Gasteiger partial charge < -0.3 is 112 Å². The van der Waals surface area contributed by atoms with E-state index in [4.69, 9.17) is 22.9 Å². The first-order chi connectivity index (χ1) is 43.8. The highest BCUT2D eigenvalue weighted by atomic mass is 16.4. The first-order valence-corrected chi connectivity index (χ1v) is 31.2. The Morgan fingerprint density at radius 2 is 0.734 bits per heavy atom. The van der Waals surface area contributed by atoms with E-state index in [1.165, 1.54) is 6.92 Å². The maximum atomic E-state index is 14.4. The van der Waals surface area contributed by atoms with E-state index >= 15 is 0 Å². The molecular formula is C58H104N16O20. The van der Waals surface area contributed by atoms with Crippen molar-refractivity contribution in [3.05, 3.63) is 0 Å². The summed E-state index contributed by atoms with van der Waals surface area (Å²) in [6, 6.07) is -19.3. The SMILES string of the molecule is CC[C@H](C)[C@H](NC(=O)[C@H](CCC(N)=O)NC(=O)[C@@H](NC(=O)[C@@H](NC(=O)[C@H](CC(=O)O)NC(=O)[C@@H](NC(=O)[C@@H](N)CO)[C@@H](C)CC)[C@@H](C)O)[C@@H](C)CC)C(=O)N[C@@H](CC(C)C)C(=O)N[C@@H](CO)C(=O)N[C@@H](CC(C)C)C(=O)N[C@@H](CCCN=C(N)N)C(=O)N[C@@H](CO)C(=O)O. The van der Waals surface area contributed by atoms with Crippen molar-refractivity contribution in [2.24, 2.45) is 57.5 Å². The van der Waals surface area contributed by atoms with Crippen LogP contribution in [0, 0.1) is 29.6 Å². The zero-order valence-electron chi connectivity index (χ0n) is 55.4. The summed E-state index contributed by atoms with van der Waals surface area (Å²) in [6.07, 6.45) is -3.34. The number of hydrogen-bond donors (Lipinski definition) is 21. The van der Waals surface area contributed by atoms with Crippen LogP contribution in [-0.4, -0.2) is 224 Å². The Morgan fingerprint density at radius 3 is 1.13 bits per heavy atom. The smallest absolute Gasteiger partial charge is 0.328 e. The second kappa shape index (κ2) is 43.5. The third kappa shape index (κ3) is 31.1. The lowest BCUT2D eigenvalue weighted by Crippen LogP contribution is -2.63. The molecule has 0 bridgehead atoms. The molecule has 36 heteroatoms. The number of primary amides is 1. The van der Waals surface area contributed by atoms with Crippen LogP contribution in [0.5, 0.6) is 0 Å². The maximum absolute atomic E-state index is 14.4. The molecular weight excluding hydrogens is 1240 g/mol. The van der Waals surface area contributed by atoms with Crippen molar-refractivity contribution in [1.29, 1.82) is 0 Å². The number of carboxylic acids is 2. The molecule has 0 saturated carbocycles. The number of nitrogens with two attached hydrogens (primary N) is 4. The fourth-order valence-corrected chi connectivity index (χ4v) is 8.98. The zero-order valence-corrected chi connectivity index (χ0v) is 55.4. The van der Waals surface area contributed by atoms with Crippen LogP contribution in [0.25, 0.3) is 0 Å². The molecule has 0 aromatic rings. The molecule has 0 aromatic heterocycles. The van der Waals surface area contributed by atoms with E-state index in [1.54, 1.807) is 62.3 Å². The molecule has 0 saturated heterocycles. The fourth-order valence-electron chi connectivity index (χ4n) is 8.98. The summed E-state index contributed by atoms with van der Waals surface area (Å²) in [5.41, 5.74) is 21.8. The van der Waals surface area contributed by atoms with Crippen molar-refractivity contribution in [3.8, 4) is 0 Å². The average Bonchev–Trinajstić information content (AvgIpc) is 0.873. The number of aliphatic imine (C=N–C) groups is 1. The Bertz CT molecular complexity index is 2590. The van der Waals surface area contributed by atoms with E-state index in [-0.39, 0.29) is 69.3 Å². The van der Waals surface area contributed by atoms with Gasteiger partial charge >= 0.3 is 11.9 Å². The number of hydrogen-bond acceptors (Lipinski definition) is 20. The zero-order chi connectivity index (χ0) is 72.4. The van der Waals surface area contributed by atoms with Crippen LogP contribution >= 0.6 is 0 Å². The van der Waals surface area contributed by atoms with Gasteiger partial charge in [-0.05, 0) is 68.6 Å². The molecule has 0 radical (unpaired) electrons. The predicted molar refractivity (Wildman–Crippen MR) is 338 cm³/mol. The molecule has 25 N–H and O–H groups in total. The minimum Gasteiger partial charge on any atom is -0.481 e. The van der Waals surface area contributed by atoms with Crippen LogP contribution < -0.4 is 81.4 Å². The monoisotopic (exact) mass is 1340 g/mol. The summed E-state index contributed by atoms with van der Waals surface area (Å²) in [6.45, 7) is 14.7. The van der Waals surface area contributed by atoms with Crippen LogP contribution in [0.3, 0.4) is 0 Å². The largest absolute Gasteiger partial charge is 0.481 e. The highest BCUT2D eigenvalue weighted by Crippen LogP contribution is 2.16. The number of carbonyl (C=O) groups excluding carboxylic acids is 12. The molecule has 0 heterocycles. The minimum atomic E-state index is -1.94. The molecule has 0 unspecified atom stereocenters. The predicted octanol–water partition coefficient (Wildman–Crippen LogP) is -6.89. The Kier molecular flexibility index (Phi) is 39.7. The Balaban J connectivity index is 6.94. The number of aliphatic hydroxyl groups is 4. The molecule has 16 atom stereocenters. The molecule has 0 aromatic carbocycles. The summed E-state index contributed by atoms with van der Waals surface area (Å²) in [7, 11) is 0. The van der Waals surface area contributed by atoms with Crippen molar-refractivity contribution in [2.45, 2.75) is 219 Å². The van der Waals surface area contributed by atoms with Gasteiger partial charge in [0.2, 0.25) is 70.9 Å². The molecule has 12 amide bonds. The van der Waals surface area contributed by atoms with Gasteiger partial charge in [-0.2, -0.15) is 0 Å². The second-order valence-electron chi connectivity index (χ2n) is 24.1. The molecule has 0 fully saturated rings. The maximum Gasteiger partial charge on any atom is 0.328 e. The standard InChI is InChI=1S/C58H104N16O20/c1-12-28(8)42(71-46(82)32(59)23-75)54(90)68-37(22-41(80)81)51(87)74-45(31(11)78)56(92)73-44(30(10)14-3)53(89)65-34(17-18-40(60)79)48(84)72-43(29(9)13-2)55(91)67-36(21-27(6)7)50(86)69-38(24-76)52(88)66-35(20-26(4)5)49(85)64-33(16-15-19-63-58(61)62)47(83)70-39(25-77)57(93)94/h26-39,42-45,75-78H,12-25,59H2,1-11H3,(H2,60,79)(H,64,85)(H,65,89)(H,66,88)(H,67,91)(H,68,90)(H,69,86)(H,70,83)(H,71,82)(H,72,84)(H,73,92)(H,74,87)(H,80,81)(H,93,94)(H4,61,62,63)/t28-,29-,30-,31+,32-,33-,34-,35-,36-,37-,38-,39-,42-,43-,44-,45-/m0/s1. The summed E-state index contributed by atoms with van der Waals surface area (Å²) in [5, 5.41) is 85.6. The number of aliphatic hydroxyl groups excluding tert-OH is 4. The number of guanidine groups is 1. The van der Waals surface area contributed by atoms with Crippen molar-refractivity contribution in [1.82, 2.24) is 58.5 Å². The third-order valence-electron chi connectivity index (χ3n) is 15.2. The van der Waals surface area contributed by atoms with Gasteiger partial charge in [-0.3, -0.25) is 67.3 Å². The molecule has 94 heavy (non-hydrogen) atoms. The van der Waals surface area contributed by atoms with Gasteiger partial charge in [-0.15, -0.1) is 0 Å². The van der Waals surface area contributed by atoms with Gasteiger partial charge in [0, 0.05) is 13.0 Å². The minimum absolute atomic E-state index is 0.00270. The first kappa shape index (κ1) is 85.7. The van der Waals surface area contributed by atoms with Crippen LogP contribution in [0.15, 0.2) is 4.99 Å². The fraction of sp³-hybridized carbons (Fsp3) is 0.741. The molecule has 0 aliphatic rings. The highest BCUT2D eigenvalue weighted by molar-refractivity contribution is 6.00. The molecule has 0 aliphatic heterocycles. The van der Waals surface area contributed by atoms with Crippen LogP contribution in [0.2, 0.25) is 0 Å². The van der Waals surface area contributed by atoms with Crippen molar-refractivity contribution in [3.63, 3.8) is 0 Å². The van der Waals surface area contributed by atoms with Crippen molar-refractivity contribution in [2.75, 3.05) is 26.4 Å². The Labute approximate surface area is 546 Å². The normalized spacial score (nSPS) is 16.4. The number of carbonyl (C=O) groups is 14. The average molecular weight is 1350 g/mol. The van der Waals surface area contributed by atoms with Gasteiger partial charge in [-0.1, -0.05) is 88.5 Å². The summed E-state index contributed by atoms with van der Waals surface area (Å²) < 4.78 is 0. The topological polar surface area (TPSA) is 609 Å². The number of rotatable bonds is 46. The van der Waals surface area contributed by atoms with E-state index in [1.807, 2.05) is 0 Å². The first-order valence-electron chi connectivity index (χ1n) is 31.2. The summed E-state index contributed by atoms with van der Waals surface area (Å²) in [4.78, 5) is 192. The van der Waals surface area contributed by atoms with Crippen LogP contribution in [0.4, 0.5) is 0 Å². The number of nitrogens with one attached hydrogen (secondary N) is 11. The van der Waals surface area contributed by atoms with E-state index in [0.29, 0.717) is 0 Å². The van der Waals surface area contributed by atoms with Gasteiger partial charge in [0.25, 0.3) is 0 Å². The quantitative estimate of drug-likeness (QED) is 0.0153. The van der Waals surface area contributed by atoms with E-state index in [9.17, 15) is 97.8 Å². The van der Waals surface area contributed by atoms with E-state index < -0.39 is 218 Å². The molecule has 0 rings (SSSR count). The molecule has 0 aliphatic carbocycles. The number of nitrogens with zero attached hydrogens (tertiary/aromatic N) is 1. The third-order valence-corrected chi connectivity index (χ3v) is 15.2. The summed E-state index contributed by atoms with van der Waals surface area (Å²) >= 11 is 0. The molecule has 536 valence electrons. The molecule has 36 nitrogen and oxygen atoms in total. The Morgan fingerprint density at radius 1 is 0.404 bits per heavy atom. The van der Waals surface area contributed by atoms with Crippen LogP contribution in [0.1, 0.15) is 140 Å². The highest BCUT2D eigenvalue weighted by Gasteiger charge is 2.40. The summed E-state index contributed by atoms with van der Waals surface area (Å²) in [5.74, 6) is -18.6. The van der Waals surface area contributed by atoms with Gasteiger partial charge in [0.15, 0.2) is 5.96 Å².